The summed E-state index contributed by atoms with van der Waals surface area (Å²) >= 11 is 1.12. The monoisotopic (exact) mass is 293 g/mol. The third-order valence-corrected chi connectivity index (χ3v) is 3.43. The number of aromatic amines is 1. The van der Waals surface area contributed by atoms with Gasteiger partial charge in [0.25, 0.3) is 5.69 Å². The third kappa shape index (κ3) is 2.94. The zero-order valence-electron chi connectivity index (χ0n) is 10.5. The number of carbonyl (C=O) groups is 1. The highest BCUT2D eigenvalue weighted by Gasteiger charge is 2.16. The van der Waals surface area contributed by atoms with Crippen LogP contribution >= 0.6 is 11.8 Å². The molecule has 0 unspecified atom stereocenters. The summed E-state index contributed by atoms with van der Waals surface area (Å²) in [5, 5.41) is 17.9. The molecule has 2 rings (SSSR count). The number of amides is 1. The first-order valence-corrected chi connectivity index (χ1v) is 6.50. The minimum absolute atomic E-state index is 0.0760. The molecule has 1 amide bonds. The van der Waals surface area contributed by atoms with Gasteiger partial charge in [-0.1, -0.05) is 6.92 Å². The summed E-state index contributed by atoms with van der Waals surface area (Å²) in [6.45, 7) is 1.93. The van der Waals surface area contributed by atoms with Gasteiger partial charge in [-0.2, -0.15) is 0 Å². The van der Waals surface area contributed by atoms with Gasteiger partial charge in [-0.25, -0.2) is 4.98 Å². The molecule has 0 saturated carbocycles. The van der Waals surface area contributed by atoms with Gasteiger partial charge in [-0.05, 0) is 17.8 Å². The van der Waals surface area contributed by atoms with Crippen molar-refractivity contribution < 1.29 is 9.72 Å². The molecule has 104 valence electrons. The lowest BCUT2D eigenvalue weighted by Crippen LogP contribution is -2.12. The maximum absolute atomic E-state index is 11.4. The molecule has 0 bridgehead atoms. The van der Waals surface area contributed by atoms with Crippen molar-refractivity contribution >= 4 is 23.4 Å². The molecule has 0 aliphatic carbocycles. The van der Waals surface area contributed by atoms with Crippen LogP contribution in [0.3, 0.4) is 0 Å². The Balaban J connectivity index is 2.35. The molecule has 1 aromatic heterocycles. The fourth-order valence-corrected chi connectivity index (χ4v) is 2.34. The Morgan fingerprint density at radius 1 is 1.55 bits per heavy atom. The maximum Gasteiger partial charge on any atom is 0.270 e. The summed E-state index contributed by atoms with van der Waals surface area (Å²) in [7, 11) is 0. The van der Waals surface area contributed by atoms with Gasteiger partial charge in [0, 0.05) is 23.4 Å². The van der Waals surface area contributed by atoms with E-state index in [1.54, 1.807) is 0 Å². The van der Waals surface area contributed by atoms with Crippen LogP contribution in [0.4, 0.5) is 5.69 Å². The summed E-state index contributed by atoms with van der Waals surface area (Å²) in [4.78, 5) is 26.2. The molecule has 2 aromatic rings. The second kappa shape index (κ2) is 5.70. The minimum atomic E-state index is -0.734. The van der Waals surface area contributed by atoms with E-state index in [4.69, 9.17) is 5.73 Å². The largest absolute Gasteiger partial charge is 0.366 e. The first-order valence-electron chi connectivity index (χ1n) is 5.68. The van der Waals surface area contributed by atoms with Crippen LogP contribution in [-0.4, -0.2) is 26.0 Å². The molecular formula is C11H11N5O3S. The van der Waals surface area contributed by atoms with Crippen LogP contribution in [-0.2, 0) is 6.42 Å². The van der Waals surface area contributed by atoms with Crippen LogP contribution in [0.5, 0.6) is 0 Å². The summed E-state index contributed by atoms with van der Waals surface area (Å²) in [5.41, 5.74) is 5.13. The third-order valence-electron chi connectivity index (χ3n) is 2.49. The molecule has 0 saturated heterocycles. The van der Waals surface area contributed by atoms with Gasteiger partial charge < -0.3 is 5.73 Å². The van der Waals surface area contributed by atoms with Gasteiger partial charge in [0.1, 0.15) is 5.82 Å². The van der Waals surface area contributed by atoms with Crippen molar-refractivity contribution in [3.05, 3.63) is 39.7 Å². The number of aromatic nitrogens is 3. The highest BCUT2D eigenvalue weighted by molar-refractivity contribution is 7.99. The number of nitrogens with zero attached hydrogens (tertiary/aromatic N) is 3. The Hall–Kier alpha value is -2.42. The predicted octanol–water partition coefficient (Wildman–Crippen LogP) is 1.53. The number of nitro groups is 1. The van der Waals surface area contributed by atoms with Gasteiger partial charge in [-0.3, -0.25) is 20.0 Å². The second-order valence-electron chi connectivity index (χ2n) is 3.82. The van der Waals surface area contributed by atoms with Crippen LogP contribution in [0.1, 0.15) is 23.1 Å². The topological polar surface area (TPSA) is 128 Å². The number of nitrogens with one attached hydrogen (secondary N) is 1. The number of primary amides is 1. The van der Waals surface area contributed by atoms with E-state index in [2.05, 4.69) is 15.2 Å². The first-order chi connectivity index (χ1) is 9.51. The van der Waals surface area contributed by atoms with E-state index in [1.165, 1.54) is 12.1 Å². The number of carbonyl (C=O) groups excluding carboxylic acids is 1. The summed E-state index contributed by atoms with van der Waals surface area (Å²) in [5.74, 6) is -0.0162. The van der Waals surface area contributed by atoms with E-state index in [1.807, 2.05) is 6.92 Å². The van der Waals surface area contributed by atoms with Crippen molar-refractivity contribution in [1.29, 1.82) is 0 Å². The lowest BCUT2D eigenvalue weighted by Gasteiger charge is -2.03. The number of nitro benzene ring substituents is 1. The molecule has 0 fully saturated rings. The summed E-state index contributed by atoms with van der Waals surface area (Å²) in [6, 6.07) is 3.92. The van der Waals surface area contributed by atoms with Gasteiger partial charge in [0.05, 0.1) is 10.5 Å². The van der Waals surface area contributed by atoms with Gasteiger partial charge in [0.15, 0.2) is 0 Å². The van der Waals surface area contributed by atoms with Gasteiger partial charge >= 0.3 is 0 Å². The van der Waals surface area contributed by atoms with E-state index in [0.717, 1.165) is 23.7 Å². The van der Waals surface area contributed by atoms with Crippen molar-refractivity contribution in [2.24, 2.45) is 5.73 Å². The van der Waals surface area contributed by atoms with Crippen LogP contribution in [0.15, 0.2) is 28.3 Å². The maximum atomic E-state index is 11.4. The molecule has 0 atom stereocenters. The van der Waals surface area contributed by atoms with E-state index in [-0.39, 0.29) is 11.3 Å². The standard InChI is InChI=1S/C11H11N5O3S/c1-2-9-13-11(15-14-9)20-8-4-3-6(16(18)19)5-7(8)10(12)17/h3-5H,2H2,1H3,(H2,12,17)(H,13,14,15). The molecule has 8 nitrogen and oxygen atoms in total. The number of hydrogen-bond donors (Lipinski definition) is 2. The van der Waals surface area contributed by atoms with Crippen molar-refractivity contribution in [2.45, 2.75) is 23.4 Å². The SMILES string of the molecule is CCc1nc(Sc2ccc([N+](=O)[O-])cc2C(N)=O)n[nH]1. The normalized spacial score (nSPS) is 10.4. The number of rotatable bonds is 5. The quantitative estimate of drug-likeness (QED) is 0.635. The molecular weight excluding hydrogens is 282 g/mol. The van der Waals surface area contributed by atoms with Crippen molar-refractivity contribution in [2.75, 3.05) is 0 Å². The van der Waals surface area contributed by atoms with Crippen LogP contribution in [0.25, 0.3) is 0 Å². The second-order valence-corrected chi connectivity index (χ2v) is 4.83. The number of hydrogen-bond acceptors (Lipinski definition) is 6. The lowest BCUT2D eigenvalue weighted by molar-refractivity contribution is -0.384. The Morgan fingerprint density at radius 2 is 2.30 bits per heavy atom. The zero-order chi connectivity index (χ0) is 14.7. The number of H-pyrrole nitrogens is 1. The van der Waals surface area contributed by atoms with E-state index < -0.39 is 10.8 Å². The molecule has 3 N–H and O–H groups in total. The Bertz CT molecular complexity index is 670. The molecule has 1 heterocycles. The Kier molecular flexibility index (Phi) is 3.99. The van der Waals surface area contributed by atoms with Crippen LogP contribution in [0, 0.1) is 10.1 Å². The van der Waals surface area contributed by atoms with Crippen molar-refractivity contribution in [3.8, 4) is 0 Å². The number of nitrogens with two attached hydrogens (primary N) is 1. The molecule has 0 aliphatic heterocycles. The lowest BCUT2D eigenvalue weighted by atomic mass is 10.2. The number of aryl methyl sites for hydroxylation is 1. The average molecular weight is 293 g/mol. The van der Waals surface area contributed by atoms with Gasteiger partial charge in [0.2, 0.25) is 11.1 Å². The number of benzene rings is 1. The average Bonchev–Trinajstić information content (AvgIpc) is 2.86. The molecule has 20 heavy (non-hydrogen) atoms. The van der Waals surface area contributed by atoms with Crippen molar-refractivity contribution in [3.63, 3.8) is 0 Å². The molecule has 0 radical (unpaired) electrons. The predicted molar refractivity (Wildman–Crippen MR) is 71.5 cm³/mol. The Morgan fingerprint density at radius 3 is 2.85 bits per heavy atom. The summed E-state index contributed by atoms with van der Waals surface area (Å²) < 4.78 is 0. The highest BCUT2D eigenvalue weighted by atomic mass is 32.2. The van der Waals surface area contributed by atoms with E-state index in [9.17, 15) is 14.9 Å². The van der Waals surface area contributed by atoms with E-state index in [0.29, 0.717) is 16.5 Å². The minimum Gasteiger partial charge on any atom is -0.366 e. The Labute approximate surface area is 117 Å². The van der Waals surface area contributed by atoms with Crippen molar-refractivity contribution in [1.82, 2.24) is 15.2 Å². The highest BCUT2D eigenvalue weighted by Crippen LogP contribution is 2.30. The smallest absolute Gasteiger partial charge is 0.270 e. The molecule has 9 heteroatoms. The zero-order valence-corrected chi connectivity index (χ0v) is 11.3. The molecule has 0 aliphatic rings. The summed E-state index contributed by atoms with van der Waals surface area (Å²) in [6.07, 6.45) is 0.705. The van der Waals surface area contributed by atoms with Gasteiger partial charge in [-0.15, -0.1) is 5.10 Å². The number of non-ortho nitro benzene ring substituents is 1. The molecule has 1 aromatic carbocycles. The fourth-order valence-electron chi connectivity index (χ4n) is 1.49. The van der Waals surface area contributed by atoms with Crippen LogP contribution in [0.2, 0.25) is 0 Å². The first kappa shape index (κ1) is 14.0. The molecule has 0 spiro atoms. The van der Waals surface area contributed by atoms with E-state index >= 15 is 0 Å². The van der Waals surface area contributed by atoms with Crippen LogP contribution < -0.4 is 5.73 Å². The fraction of sp³-hybridized carbons (Fsp3) is 0.182.